The Morgan fingerprint density at radius 3 is 0.867 bits per heavy atom. The van der Waals surface area contributed by atoms with Gasteiger partial charge in [0, 0.05) is 0 Å². The molecule has 2 aromatic heterocycles. The van der Waals surface area contributed by atoms with Gasteiger partial charge in [-0.25, -0.2) is 0 Å². The minimum atomic E-state index is 0.0347. The number of hydrogen-bond acceptors (Lipinski definition) is 4. The van der Waals surface area contributed by atoms with Crippen molar-refractivity contribution in [2.45, 2.75) is 0 Å². The lowest BCUT2D eigenvalue weighted by molar-refractivity contribution is 0.659. The molecule has 0 saturated carbocycles. The molecular weight excluding hydrogens is 376 g/mol. The van der Waals surface area contributed by atoms with Gasteiger partial charge in [-0.05, 0) is 48.5 Å². The highest BCUT2D eigenvalue weighted by molar-refractivity contribution is 5.90. The molecule has 4 aromatic carbocycles. The van der Waals surface area contributed by atoms with Crippen LogP contribution in [0.25, 0.3) is 43.9 Å². The van der Waals surface area contributed by atoms with Gasteiger partial charge in [-0.3, -0.25) is 9.59 Å². The summed E-state index contributed by atoms with van der Waals surface area (Å²) in [5.41, 5.74) is 2.63. The number of hydrogen-bond donors (Lipinski definition) is 0. The van der Waals surface area contributed by atoms with Gasteiger partial charge in [0.25, 0.3) is 0 Å². The summed E-state index contributed by atoms with van der Waals surface area (Å²) in [6.45, 7) is 0. The highest BCUT2D eigenvalue weighted by Crippen LogP contribution is 2.18. The van der Waals surface area contributed by atoms with Crippen molar-refractivity contribution in [2.24, 2.45) is 0 Å². The normalized spacial score (nSPS) is 10.9. The highest BCUT2D eigenvalue weighted by atomic mass is 16.3. The smallest absolute Gasteiger partial charge is 0.200 e. The lowest BCUT2D eigenvalue weighted by Crippen LogP contribution is -2.01. The third-order valence-corrected chi connectivity index (χ3v) is 4.97. The van der Waals surface area contributed by atoms with Crippen molar-refractivity contribution in [3.63, 3.8) is 0 Å². The van der Waals surface area contributed by atoms with Gasteiger partial charge >= 0.3 is 0 Å². The average Bonchev–Trinajstić information content (AvgIpc) is 2.80. The largest absolute Gasteiger partial charge is 0.456 e. The zero-order chi connectivity index (χ0) is 20.5. The van der Waals surface area contributed by atoms with Gasteiger partial charge in [-0.1, -0.05) is 48.5 Å². The Morgan fingerprint density at radius 2 is 0.600 bits per heavy atom. The molecule has 0 aliphatic carbocycles. The van der Waals surface area contributed by atoms with Gasteiger partial charge in [0.1, 0.15) is 22.3 Å². The van der Waals surface area contributed by atoms with Crippen molar-refractivity contribution in [3.05, 3.63) is 118 Å². The molecule has 0 aliphatic heterocycles. The van der Waals surface area contributed by atoms with Crippen molar-refractivity contribution in [1.82, 2.24) is 0 Å². The fourth-order valence-electron chi connectivity index (χ4n) is 3.50. The minimum absolute atomic E-state index is 0.0347. The third-order valence-electron chi connectivity index (χ3n) is 4.97. The first-order valence-electron chi connectivity index (χ1n) is 9.53. The van der Waals surface area contributed by atoms with Crippen LogP contribution >= 0.6 is 0 Å². The highest BCUT2D eigenvalue weighted by Gasteiger charge is 2.06. The molecule has 0 aliphatic rings. The predicted octanol–water partition coefficient (Wildman–Crippen LogP) is 5.89. The number of fused-ring (bicyclic) bond motifs is 4. The van der Waals surface area contributed by atoms with Crippen LogP contribution in [-0.2, 0) is 0 Å². The zero-order valence-corrected chi connectivity index (χ0v) is 15.9. The fourth-order valence-corrected chi connectivity index (χ4v) is 3.50. The maximum Gasteiger partial charge on any atom is 0.200 e. The molecule has 0 fully saturated rings. The van der Waals surface area contributed by atoms with Crippen LogP contribution in [0, 0.1) is 0 Å². The van der Waals surface area contributed by atoms with Crippen LogP contribution in [0.3, 0.4) is 0 Å². The monoisotopic (exact) mass is 392 g/mol. The van der Waals surface area contributed by atoms with E-state index >= 15 is 0 Å². The number of para-hydroxylation sites is 4. The van der Waals surface area contributed by atoms with E-state index in [1.165, 1.54) is 0 Å². The SMILES string of the molecule is O=c1c2ccccc2oc2ccccc12.O=c1c2ccccc2oc2ccccc12. The molecule has 30 heavy (non-hydrogen) atoms. The first-order valence-corrected chi connectivity index (χ1v) is 9.53. The van der Waals surface area contributed by atoms with E-state index in [9.17, 15) is 9.59 Å². The van der Waals surface area contributed by atoms with E-state index in [0.717, 1.165) is 0 Å². The van der Waals surface area contributed by atoms with Crippen molar-refractivity contribution in [2.75, 3.05) is 0 Å². The van der Waals surface area contributed by atoms with E-state index in [1.807, 2.05) is 72.8 Å². The van der Waals surface area contributed by atoms with Gasteiger partial charge in [-0.2, -0.15) is 0 Å². The Bertz CT molecular complexity index is 1400. The summed E-state index contributed by atoms with van der Waals surface area (Å²) >= 11 is 0. The molecule has 4 heteroatoms. The molecule has 0 N–H and O–H groups in total. The van der Waals surface area contributed by atoms with Crippen molar-refractivity contribution in [1.29, 1.82) is 0 Å². The van der Waals surface area contributed by atoms with Crippen LogP contribution < -0.4 is 10.9 Å². The lowest BCUT2D eigenvalue weighted by atomic mass is 10.1. The Balaban J connectivity index is 0.000000128. The van der Waals surface area contributed by atoms with Crippen LogP contribution in [0.4, 0.5) is 0 Å². The Hall–Kier alpha value is -4.18. The molecule has 0 amide bonds. The second-order valence-corrected chi connectivity index (χ2v) is 6.85. The van der Waals surface area contributed by atoms with E-state index in [2.05, 4.69) is 0 Å². The maximum atomic E-state index is 12.0. The molecule has 0 atom stereocenters. The van der Waals surface area contributed by atoms with Crippen LogP contribution in [-0.4, -0.2) is 0 Å². The zero-order valence-electron chi connectivity index (χ0n) is 15.9. The van der Waals surface area contributed by atoms with Crippen molar-refractivity contribution >= 4 is 43.9 Å². The summed E-state index contributed by atoms with van der Waals surface area (Å²) in [7, 11) is 0. The predicted molar refractivity (Wildman–Crippen MR) is 120 cm³/mol. The number of rotatable bonds is 0. The molecule has 4 nitrogen and oxygen atoms in total. The molecule has 6 aromatic rings. The second kappa shape index (κ2) is 7.33. The average molecular weight is 392 g/mol. The molecular formula is C26H16O4. The summed E-state index contributed by atoms with van der Waals surface area (Å²) in [5, 5.41) is 2.54. The van der Waals surface area contributed by atoms with E-state index in [-0.39, 0.29) is 10.9 Å². The minimum Gasteiger partial charge on any atom is -0.456 e. The van der Waals surface area contributed by atoms with Gasteiger partial charge in [0.15, 0.2) is 0 Å². The fraction of sp³-hybridized carbons (Fsp3) is 0. The molecule has 0 saturated heterocycles. The van der Waals surface area contributed by atoms with Crippen LogP contribution in [0.15, 0.2) is 115 Å². The summed E-state index contributed by atoms with van der Waals surface area (Å²) in [5.74, 6) is 0. The summed E-state index contributed by atoms with van der Waals surface area (Å²) in [6, 6.07) is 29.2. The van der Waals surface area contributed by atoms with E-state index in [4.69, 9.17) is 8.83 Å². The molecule has 144 valence electrons. The van der Waals surface area contributed by atoms with Gasteiger partial charge in [0.05, 0.1) is 21.5 Å². The number of benzene rings is 4. The standard InChI is InChI=1S/2C13H8O2/c2*14-13-9-5-1-3-7-11(9)15-12-8-4-2-6-10(12)13/h2*1-8H. The summed E-state index contributed by atoms with van der Waals surface area (Å²) < 4.78 is 11.3. The molecule has 0 radical (unpaired) electrons. The third kappa shape index (κ3) is 3.05. The van der Waals surface area contributed by atoms with Crippen LogP contribution in [0.5, 0.6) is 0 Å². The molecule has 0 bridgehead atoms. The summed E-state index contributed by atoms with van der Waals surface area (Å²) in [4.78, 5) is 24.1. The van der Waals surface area contributed by atoms with Gasteiger partial charge < -0.3 is 8.83 Å². The molecule has 0 spiro atoms. The first kappa shape index (κ1) is 17.9. The van der Waals surface area contributed by atoms with E-state index in [1.54, 1.807) is 24.3 Å². The van der Waals surface area contributed by atoms with Crippen LogP contribution in [0.1, 0.15) is 0 Å². The van der Waals surface area contributed by atoms with Crippen LogP contribution in [0.2, 0.25) is 0 Å². The Labute approximate surface area is 170 Å². The molecule has 2 heterocycles. The molecule has 0 unspecified atom stereocenters. The van der Waals surface area contributed by atoms with E-state index in [0.29, 0.717) is 43.9 Å². The van der Waals surface area contributed by atoms with Gasteiger partial charge in [-0.15, -0.1) is 0 Å². The topological polar surface area (TPSA) is 60.4 Å². The summed E-state index contributed by atoms with van der Waals surface area (Å²) in [6.07, 6.45) is 0. The quantitative estimate of drug-likeness (QED) is 0.302. The van der Waals surface area contributed by atoms with Crippen molar-refractivity contribution < 1.29 is 8.83 Å². The lowest BCUT2D eigenvalue weighted by Gasteiger charge is -1.99. The second-order valence-electron chi connectivity index (χ2n) is 6.85. The van der Waals surface area contributed by atoms with Crippen molar-refractivity contribution in [3.8, 4) is 0 Å². The van der Waals surface area contributed by atoms with Gasteiger partial charge in [0.2, 0.25) is 10.9 Å². The molecule has 6 rings (SSSR count). The Kier molecular flexibility index (Phi) is 4.37. The Morgan fingerprint density at radius 1 is 0.367 bits per heavy atom. The first-order chi connectivity index (χ1) is 14.7. The maximum absolute atomic E-state index is 12.0. The van der Waals surface area contributed by atoms with E-state index < -0.39 is 0 Å².